The lowest BCUT2D eigenvalue weighted by Crippen LogP contribution is -2.07. The highest BCUT2D eigenvalue weighted by Gasteiger charge is 2.29. The highest BCUT2D eigenvalue weighted by Crippen LogP contribution is 2.47. The number of benzene rings is 8. The molecule has 0 radical (unpaired) electrons. The molecule has 4 heterocycles. The zero-order chi connectivity index (χ0) is 40.2. The van der Waals surface area contributed by atoms with Crippen molar-refractivity contribution in [2.24, 2.45) is 0 Å². The molecule has 0 saturated carbocycles. The van der Waals surface area contributed by atoms with E-state index in [-0.39, 0.29) is 16.7 Å². The van der Waals surface area contributed by atoms with Crippen molar-refractivity contribution in [3.63, 3.8) is 0 Å². The van der Waals surface area contributed by atoms with Gasteiger partial charge in [-0.3, -0.25) is 0 Å². The lowest BCUT2D eigenvalue weighted by Gasteiger charge is -2.21. The third kappa shape index (κ3) is 4.23. The fourth-order valence-electron chi connectivity index (χ4n) is 9.47. The van der Waals surface area contributed by atoms with E-state index in [4.69, 9.17) is 8.83 Å². The van der Waals surface area contributed by atoms with Crippen LogP contribution in [0.15, 0.2) is 154 Å². The van der Waals surface area contributed by atoms with Crippen LogP contribution in [0.5, 0.6) is 0 Å². The average molecular weight is 765 g/mol. The number of fused-ring (bicyclic) bond motifs is 14. The summed E-state index contributed by atoms with van der Waals surface area (Å²) in [6.07, 6.45) is 0. The first-order valence-corrected chi connectivity index (χ1v) is 19.3. The Kier molecular flexibility index (Phi) is 6.73. The fourth-order valence-corrected chi connectivity index (χ4v) is 9.47. The monoisotopic (exact) mass is 764 g/mol. The number of furan rings is 2. The van der Waals surface area contributed by atoms with Crippen LogP contribution in [0.1, 0.15) is 22.3 Å². The van der Waals surface area contributed by atoms with E-state index < -0.39 is 0 Å². The number of nitrogens with zero attached hydrogens (tertiary/aromatic N) is 6. The molecule has 0 aliphatic rings. The van der Waals surface area contributed by atoms with Gasteiger partial charge in [0.05, 0.1) is 66.5 Å². The van der Waals surface area contributed by atoms with Gasteiger partial charge in [-0.25, -0.2) is 0 Å². The van der Waals surface area contributed by atoms with E-state index in [1.807, 2.05) is 114 Å². The lowest BCUT2D eigenvalue weighted by atomic mass is 9.90. The van der Waals surface area contributed by atoms with Crippen molar-refractivity contribution in [3.05, 3.63) is 168 Å². The summed E-state index contributed by atoms with van der Waals surface area (Å²) in [5.74, 6) is 0. The number of hydrogen-bond acceptors (Lipinski definition) is 6. The van der Waals surface area contributed by atoms with E-state index in [1.54, 1.807) is 12.1 Å². The molecule has 0 bridgehead atoms. The van der Waals surface area contributed by atoms with Crippen molar-refractivity contribution in [3.8, 4) is 46.8 Å². The smallest absolute Gasteiger partial charge is 0.145 e. The van der Waals surface area contributed by atoms with Crippen molar-refractivity contribution in [1.29, 1.82) is 21.0 Å². The Morgan fingerprint density at radius 2 is 0.867 bits per heavy atom. The summed E-state index contributed by atoms with van der Waals surface area (Å²) >= 11 is 0. The van der Waals surface area contributed by atoms with Gasteiger partial charge in [-0.2, -0.15) is 21.0 Å². The summed E-state index contributed by atoms with van der Waals surface area (Å²) in [5, 5.41) is 50.8. The average Bonchev–Trinajstić information content (AvgIpc) is 4.05. The molecule has 60 heavy (non-hydrogen) atoms. The van der Waals surface area contributed by atoms with E-state index in [2.05, 4.69) is 53.1 Å². The van der Waals surface area contributed by atoms with Crippen LogP contribution in [0.4, 0.5) is 0 Å². The van der Waals surface area contributed by atoms with E-state index in [1.165, 1.54) is 0 Å². The molecule has 0 saturated heterocycles. The van der Waals surface area contributed by atoms with Gasteiger partial charge in [-0.1, -0.05) is 84.9 Å². The summed E-state index contributed by atoms with van der Waals surface area (Å²) < 4.78 is 17.3. The number of aromatic nitrogens is 2. The number of rotatable bonds is 3. The normalized spacial score (nSPS) is 11.6. The van der Waals surface area contributed by atoms with E-state index in [9.17, 15) is 21.0 Å². The third-order valence-electron chi connectivity index (χ3n) is 11.9. The second-order valence-electron chi connectivity index (χ2n) is 14.8. The maximum Gasteiger partial charge on any atom is 0.145 e. The summed E-state index contributed by atoms with van der Waals surface area (Å²) in [5.41, 5.74) is 8.62. The van der Waals surface area contributed by atoms with Gasteiger partial charge in [0.2, 0.25) is 0 Å². The van der Waals surface area contributed by atoms with Gasteiger partial charge >= 0.3 is 0 Å². The Bertz CT molecular complexity index is 4070. The summed E-state index contributed by atoms with van der Waals surface area (Å²) in [7, 11) is 0. The van der Waals surface area contributed by atoms with Crippen molar-refractivity contribution in [1.82, 2.24) is 9.13 Å². The predicted molar refractivity (Wildman–Crippen MR) is 234 cm³/mol. The van der Waals surface area contributed by atoms with Gasteiger partial charge in [-0.05, 0) is 60.7 Å². The first-order chi connectivity index (χ1) is 29.6. The van der Waals surface area contributed by atoms with Gasteiger partial charge in [0.15, 0.2) is 0 Å². The molecule has 8 nitrogen and oxygen atoms in total. The maximum absolute atomic E-state index is 11.1. The molecule has 0 amide bonds. The van der Waals surface area contributed by atoms with Gasteiger partial charge in [-0.15, -0.1) is 0 Å². The molecule has 4 aromatic heterocycles. The standard InChI is InChI=1S/C52H24N6O2/c53-25-29-10-9-15-33(49(29)57-41-16-5-1-13-36(41)47-43(57)22-20-34-31-11-3-7-18-45(31)59-51(34)47)38-24-30(26-54)39(27-55)40(28-56)50(38)58-42-17-6-2-14-37(42)48-44(58)23-21-35-32-12-4-8-19-46(32)60-52(35)48/h1-24H. The zero-order valence-electron chi connectivity index (χ0n) is 31.4. The Labute approximate surface area is 340 Å². The minimum Gasteiger partial charge on any atom is -0.455 e. The maximum atomic E-state index is 11.1. The van der Waals surface area contributed by atoms with Crippen LogP contribution in [0.25, 0.3) is 110 Å². The van der Waals surface area contributed by atoms with Gasteiger partial charge < -0.3 is 18.0 Å². The predicted octanol–water partition coefficient (Wildman–Crippen LogP) is 12.8. The van der Waals surface area contributed by atoms with Crippen molar-refractivity contribution in [2.45, 2.75) is 0 Å². The van der Waals surface area contributed by atoms with Crippen molar-refractivity contribution in [2.75, 3.05) is 0 Å². The minimum atomic E-state index is -0.0309. The van der Waals surface area contributed by atoms with Gasteiger partial charge in [0.1, 0.15) is 46.6 Å². The van der Waals surface area contributed by atoms with Crippen LogP contribution in [0, 0.1) is 45.3 Å². The summed E-state index contributed by atoms with van der Waals surface area (Å²) in [4.78, 5) is 0. The van der Waals surface area contributed by atoms with Crippen LogP contribution in [0.2, 0.25) is 0 Å². The van der Waals surface area contributed by atoms with Crippen LogP contribution in [-0.4, -0.2) is 9.13 Å². The minimum absolute atomic E-state index is 0.0309. The molecule has 0 aliphatic heterocycles. The molecule has 0 fully saturated rings. The molecule has 12 aromatic rings. The Morgan fingerprint density at radius 3 is 1.40 bits per heavy atom. The van der Waals surface area contributed by atoms with Gasteiger partial charge in [0.25, 0.3) is 0 Å². The molecular formula is C52H24N6O2. The zero-order valence-corrected chi connectivity index (χ0v) is 31.4. The molecule has 0 atom stereocenters. The van der Waals surface area contributed by atoms with Gasteiger partial charge in [0, 0.05) is 43.4 Å². The first-order valence-electron chi connectivity index (χ1n) is 19.3. The Hall–Kier alpha value is -9.08. The molecular weight excluding hydrogens is 741 g/mol. The number of hydrogen-bond donors (Lipinski definition) is 0. The molecule has 274 valence electrons. The van der Waals surface area contributed by atoms with E-state index in [0.717, 1.165) is 81.9 Å². The lowest BCUT2D eigenvalue weighted by molar-refractivity contribution is 0.672. The van der Waals surface area contributed by atoms with Crippen molar-refractivity contribution >= 4 is 87.5 Å². The largest absolute Gasteiger partial charge is 0.455 e. The van der Waals surface area contributed by atoms with Crippen molar-refractivity contribution < 1.29 is 8.83 Å². The van der Waals surface area contributed by atoms with Crippen LogP contribution >= 0.6 is 0 Å². The highest BCUT2D eigenvalue weighted by atomic mass is 16.3. The second-order valence-corrected chi connectivity index (χ2v) is 14.8. The molecule has 12 rings (SSSR count). The number of nitriles is 4. The molecule has 0 N–H and O–H groups in total. The van der Waals surface area contributed by atoms with E-state index in [0.29, 0.717) is 33.6 Å². The molecule has 0 aliphatic carbocycles. The summed E-state index contributed by atoms with van der Waals surface area (Å²) in [6.45, 7) is 0. The molecule has 0 unspecified atom stereocenters. The topological polar surface area (TPSA) is 131 Å². The number of para-hydroxylation sites is 5. The fraction of sp³-hybridized carbons (Fsp3) is 0. The first kappa shape index (κ1) is 33.1. The Morgan fingerprint density at radius 1 is 0.367 bits per heavy atom. The summed E-state index contributed by atoms with van der Waals surface area (Å²) in [6, 6.07) is 56.4. The molecule has 8 aromatic carbocycles. The highest BCUT2D eigenvalue weighted by molar-refractivity contribution is 6.25. The Balaban J connectivity index is 1.26. The quantitative estimate of drug-likeness (QED) is 0.176. The third-order valence-corrected chi connectivity index (χ3v) is 11.9. The van der Waals surface area contributed by atoms with Crippen LogP contribution in [0.3, 0.4) is 0 Å². The molecule has 0 spiro atoms. The SMILES string of the molecule is N#Cc1cc(-c2cccc(C#N)c2-n2c3ccccc3c3c4oc5ccccc5c4ccc32)c(-n2c3ccccc3c3c4oc5ccccc5c4ccc32)c(C#N)c1C#N. The van der Waals surface area contributed by atoms with Crippen LogP contribution in [-0.2, 0) is 0 Å². The second kappa shape index (κ2) is 12.2. The molecule has 8 heteroatoms. The van der Waals surface area contributed by atoms with E-state index >= 15 is 0 Å². The van der Waals surface area contributed by atoms with Crippen LogP contribution < -0.4 is 0 Å².